The molecule has 1 saturated heterocycles. The molecule has 3 heterocycles. The van der Waals surface area contributed by atoms with Crippen LogP contribution in [0.15, 0.2) is 24.3 Å². The zero-order valence-electron chi connectivity index (χ0n) is 18.2. The molecule has 1 aromatic heterocycles. The quantitative estimate of drug-likeness (QED) is 0.428. The van der Waals surface area contributed by atoms with Gasteiger partial charge in [0.25, 0.3) is 5.91 Å². The third-order valence-corrected chi connectivity index (χ3v) is 7.36. The van der Waals surface area contributed by atoms with E-state index in [1.165, 1.54) is 3.57 Å². The van der Waals surface area contributed by atoms with E-state index in [0.717, 1.165) is 35.2 Å². The van der Waals surface area contributed by atoms with Crippen LogP contribution >= 0.6 is 22.6 Å². The van der Waals surface area contributed by atoms with Gasteiger partial charge < -0.3 is 9.64 Å². The molecule has 1 aliphatic carbocycles. The number of halogens is 1. The van der Waals surface area contributed by atoms with Crippen molar-refractivity contribution < 1.29 is 14.3 Å². The Bertz CT molecular complexity index is 1170. The van der Waals surface area contributed by atoms with Crippen LogP contribution in [-0.2, 0) is 16.1 Å². The Labute approximate surface area is 201 Å². The lowest BCUT2D eigenvalue weighted by Crippen LogP contribution is -2.49. The average Bonchev–Trinajstić information content (AvgIpc) is 3.54. The van der Waals surface area contributed by atoms with Gasteiger partial charge in [0.15, 0.2) is 0 Å². The standard InChI is InChI=1S/C25H24IN3O3/c1-3-4-5-23(30)29(21-10-15(2)20(26)11-19(21)16-6-7-16)22-9-8-17-12-28(18-13-32-14-18)25(31)24(17)27-22/h8-11,16,18H,3,6-7,12-14H2,1-2H3. The van der Waals surface area contributed by atoms with Crippen LogP contribution in [0.1, 0.15) is 59.3 Å². The first kappa shape index (κ1) is 21.4. The zero-order valence-corrected chi connectivity index (χ0v) is 20.3. The number of carbonyl (C=O) groups excluding carboxylic acids is 2. The Morgan fingerprint density at radius 2 is 2.09 bits per heavy atom. The van der Waals surface area contributed by atoms with Crippen molar-refractivity contribution in [3.05, 3.63) is 50.2 Å². The topological polar surface area (TPSA) is 62.7 Å². The summed E-state index contributed by atoms with van der Waals surface area (Å²) in [5.74, 6) is 6.13. The van der Waals surface area contributed by atoms with Crippen LogP contribution in [-0.4, -0.2) is 41.0 Å². The Balaban J connectivity index is 1.60. The number of hydrogen-bond donors (Lipinski definition) is 0. The fourth-order valence-corrected chi connectivity index (χ4v) is 4.65. The molecule has 2 aromatic rings. The summed E-state index contributed by atoms with van der Waals surface area (Å²) in [7, 11) is 0. The molecule has 2 amide bonds. The lowest BCUT2D eigenvalue weighted by molar-refractivity contribution is -0.112. The summed E-state index contributed by atoms with van der Waals surface area (Å²) < 4.78 is 6.44. The van der Waals surface area contributed by atoms with Gasteiger partial charge in [0.2, 0.25) is 0 Å². The van der Waals surface area contributed by atoms with Crippen LogP contribution in [0.2, 0.25) is 0 Å². The summed E-state index contributed by atoms with van der Waals surface area (Å²) in [5.41, 5.74) is 4.38. The molecule has 3 aliphatic rings. The van der Waals surface area contributed by atoms with Crippen LogP contribution in [0.5, 0.6) is 0 Å². The highest BCUT2D eigenvalue weighted by Crippen LogP contribution is 2.46. The second-order valence-electron chi connectivity index (χ2n) is 8.53. The average molecular weight is 541 g/mol. The third-order valence-electron chi connectivity index (χ3n) is 6.20. The summed E-state index contributed by atoms with van der Waals surface area (Å²) in [5, 5.41) is 0. The van der Waals surface area contributed by atoms with E-state index < -0.39 is 0 Å². The van der Waals surface area contributed by atoms with Crippen LogP contribution in [0, 0.1) is 22.3 Å². The van der Waals surface area contributed by atoms with Crippen molar-refractivity contribution in [2.75, 3.05) is 18.1 Å². The maximum absolute atomic E-state index is 13.3. The van der Waals surface area contributed by atoms with Crippen LogP contribution < -0.4 is 4.90 Å². The first-order valence-corrected chi connectivity index (χ1v) is 12.1. The number of amides is 2. The monoisotopic (exact) mass is 541 g/mol. The third kappa shape index (κ3) is 3.80. The molecular weight excluding hydrogens is 517 g/mol. The number of nitrogens with zero attached hydrogens (tertiary/aromatic N) is 3. The number of aryl methyl sites for hydroxylation is 1. The van der Waals surface area contributed by atoms with E-state index in [2.05, 4.69) is 46.6 Å². The van der Waals surface area contributed by atoms with E-state index >= 15 is 0 Å². The first-order valence-electron chi connectivity index (χ1n) is 11.0. The second-order valence-corrected chi connectivity index (χ2v) is 9.69. The van der Waals surface area contributed by atoms with E-state index in [-0.39, 0.29) is 17.9 Å². The predicted octanol–water partition coefficient (Wildman–Crippen LogP) is 4.30. The van der Waals surface area contributed by atoms with E-state index in [4.69, 9.17) is 9.72 Å². The highest BCUT2D eigenvalue weighted by Gasteiger charge is 2.38. The highest BCUT2D eigenvalue weighted by molar-refractivity contribution is 14.1. The molecule has 1 aromatic carbocycles. The zero-order chi connectivity index (χ0) is 22.4. The first-order chi connectivity index (χ1) is 15.5. The number of pyridine rings is 1. The van der Waals surface area contributed by atoms with Crippen molar-refractivity contribution in [3.63, 3.8) is 0 Å². The largest absolute Gasteiger partial charge is 0.377 e. The van der Waals surface area contributed by atoms with Gasteiger partial charge in [-0.25, -0.2) is 4.98 Å². The molecule has 0 N–H and O–H groups in total. The Morgan fingerprint density at radius 1 is 1.31 bits per heavy atom. The van der Waals surface area contributed by atoms with Crippen molar-refractivity contribution in [2.24, 2.45) is 0 Å². The van der Waals surface area contributed by atoms with Gasteiger partial charge in [0, 0.05) is 22.1 Å². The number of aromatic nitrogens is 1. The van der Waals surface area contributed by atoms with Crippen LogP contribution in [0.25, 0.3) is 0 Å². The van der Waals surface area contributed by atoms with Gasteiger partial charge in [-0.05, 0) is 83.5 Å². The molecule has 5 rings (SSSR count). The molecule has 0 radical (unpaired) electrons. The number of rotatable bonds is 4. The summed E-state index contributed by atoms with van der Waals surface area (Å²) in [4.78, 5) is 34.5. The molecule has 2 fully saturated rings. The van der Waals surface area contributed by atoms with Gasteiger partial charge in [-0.1, -0.05) is 18.9 Å². The number of carbonyl (C=O) groups is 2. The predicted molar refractivity (Wildman–Crippen MR) is 130 cm³/mol. The summed E-state index contributed by atoms with van der Waals surface area (Å²) in [6.45, 7) is 5.63. The van der Waals surface area contributed by atoms with Gasteiger partial charge in [0.1, 0.15) is 11.5 Å². The molecule has 0 unspecified atom stereocenters. The smallest absolute Gasteiger partial charge is 0.308 e. The second kappa shape index (κ2) is 8.49. The lowest BCUT2D eigenvalue weighted by atomic mass is 10.0. The summed E-state index contributed by atoms with van der Waals surface area (Å²) in [6, 6.07) is 8.08. The molecule has 0 spiro atoms. The molecule has 2 aliphatic heterocycles. The van der Waals surface area contributed by atoms with Gasteiger partial charge in [-0.3, -0.25) is 14.5 Å². The van der Waals surface area contributed by atoms with Crippen molar-refractivity contribution in [1.29, 1.82) is 0 Å². The molecule has 7 heteroatoms. The molecular formula is C25H24IN3O3. The molecule has 32 heavy (non-hydrogen) atoms. The van der Waals surface area contributed by atoms with E-state index in [0.29, 0.717) is 43.6 Å². The fraction of sp³-hybridized carbons (Fsp3) is 0.400. The molecule has 0 bridgehead atoms. The van der Waals surface area contributed by atoms with Crippen molar-refractivity contribution in [3.8, 4) is 11.8 Å². The van der Waals surface area contributed by atoms with Crippen molar-refractivity contribution in [2.45, 2.75) is 51.6 Å². The minimum absolute atomic E-state index is 0.0941. The number of hydrogen-bond acceptors (Lipinski definition) is 4. The van der Waals surface area contributed by atoms with Gasteiger partial charge in [-0.15, -0.1) is 0 Å². The summed E-state index contributed by atoms with van der Waals surface area (Å²) in [6.07, 6.45) is 2.82. The molecule has 6 nitrogen and oxygen atoms in total. The Hall–Kier alpha value is -2.44. The van der Waals surface area contributed by atoms with Gasteiger partial charge >= 0.3 is 5.91 Å². The number of fused-ring (bicyclic) bond motifs is 1. The van der Waals surface area contributed by atoms with E-state index in [1.54, 1.807) is 4.90 Å². The van der Waals surface area contributed by atoms with E-state index in [1.807, 2.05) is 30.9 Å². The van der Waals surface area contributed by atoms with Crippen LogP contribution in [0.4, 0.5) is 11.5 Å². The minimum atomic E-state index is -0.323. The van der Waals surface area contributed by atoms with E-state index in [9.17, 15) is 9.59 Å². The lowest BCUT2D eigenvalue weighted by Gasteiger charge is -2.34. The number of benzene rings is 1. The van der Waals surface area contributed by atoms with Gasteiger partial charge in [-0.2, -0.15) is 0 Å². The van der Waals surface area contributed by atoms with Crippen molar-refractivity contribution in [1.82, 2.24) is 9.88 Å². The molecule has 0 atom stereocenters. The van der Waals surface area contributed by atoms with Crippen molar-refractivity contribution >= 4 is 45.9 Å². The maximum Gasteiger partial charge on any atom is 0.308 e. The maximum atomic E-state index is 13.3. The Morgan fingerprint density at radius 3 is 2.75 bits per heavy atom. The number of ether oxygens (including phenoxy) is 1. The molecule has 1 saturated carbocycles. The SMILES string of the molecule is CCC#CC(=O)N(c1ccc2c(n1)C(=O)N(C1COC1)C2)c1cc(C)c(I)cc1C1CC1. The highest BCUT2D eigenvalue weighted by atomic mass is 127. The minimum Gasteiger partial charge on any atom is -0.377 e. The number of anilines is 2. The normalized spacial score (nSPS) is 17.5. The van der Waals surface area contributed by atoms with Gasteiger partial charge in [0.05, 0.1) is 24.9 Å². The fourth-order valence-electron chi connectivity index (χ4n) is 4.16. The molecule has 164 valence electrons. The summed E-state index contributed by atoms with van der Waals surface area (Å²) >= 11 is 2.34. The Kier molecular flexibility index (Phi) is 5.68. The van der Waals surface area contributed by atoms with Crippen LogP contribution in [0.3, 0.4) is 0 Å².